The molecule has 0 aliphatic carbocycles. The van der Waals surface area contributed by atoms with Gasteiger partial charge in [0.15, 0.2) is 11.5 Å². The molecule has 3 rings (SSSR count). The van der Waals surface area contributed by atoms with Gasteiger partial charge in [0, 0.05) is 13.0 Å². The standard InChI is InChI=1S/C15H17ClN2O3/c1-3-18-11(15(16)9(2)17-18)7-12(19)10-4-5-13-14(6-10)21-8-20-13/h4-6,12,19H,3,7-8H2,1-2H3. The molecule has 2 heterocycles. The van der Waals surface area contributed by atoms with Crippen molar-refractivity contribution in [2.75, 3.05) is 6.79 Å². The molecule has 0 spiro atoms. The van der Waals surface area contributed by atoms with Gasteiger partial charge in [0.1, 0.15) is 0 Å². The molecule has 1 aliphatic rings. The number of aryl methyl sites for hydroxylation is 2. The van der Waals surface area contributed by atoms with Crippen LogP contribution in [0.2, 0.25) is 5.02 Å². The Hall–Kier alpha value is -1.72. The highest BCUT2D eigenvalue weighted by atomic mass is 35.5. The van der Waals surface area contributed by atoms with Crippen molar-refractivity contribution in [3.63, 3.8) is 0 Å². The first-order valence-corrected chi connectivity index (χ1v) is 7.27. The predicted molar refractivity (Wildman–Crippen MR) is 78.9 cm³/mol. The van der Waals surface area contributed by atoms with Gasteiger partial charge in [-0.05, 0) is 31.5 Å². The summed E-state index contributed by atoms with van der Waals surface area (Å²) in [6, 6.07) is 5.46. The Morgan fingerprint density at radius 1 is 1.38 bits per heavy atom. The third-order valence-corrected chi connectivity index (χ3v) is 4.11. The number of aliphatic hydroxyl groups excluding tert-OH is 1. The summed E-state index contributed by atoms with van der Waals surface area (Å²) in [7, 11) is 0. The van der Waals surface area contributed by atoms with Gasteiger partial charge in [-0.3, -0.25) is 4.68 Å². The average Bonchev–Trinajstić information content (AvgIpc) is 3.05. The third-order valence-electron chi connectivity index (χ3n) is 3.62. The van der Waals surface area contributed by atoms with Crippen LogP contribution in [0.3, 0.4) is 0 Å². The Balaban J connectivity index is 1.85. The van der Waals surface area contributed by atoms with Crippen LogP contribution in [-0.2, 0) is 13.0 Å². The molecule has 6 heteroatoms. The van der Waals surface area contributed by atoms with Crippen LogP contribution in [0.5, 0.6) is 11.5 Å². The zero-order chi connectivity index (χ0) is 15.0. The van der Waals surface area contributed by atoms with Crippen LogP contribution in [0.25, 0.3) is 0 Å². The molecule has 1 aliphatic heterocycles. The minimum Gasteiger partial charge on any atom is -0.454 e. The smallest absolute Gasteiger partial charge is 0.231 e. The van der Waals surface area contributed by atoms with E-state index in [4.69, 9.17) is 21.1 Å². The van der Waals surface area contributed by atoms with Gasteiger partial charge >= 0.3 is 0 Å². The largest absolute Gasteiger partial charge is 0.454 e. The van der Waals surface area contributed by atoms with Gasteiger partial charge in [-0.2, -0.15) is 5.10 Å². The molecule has 21 heavy (non-hydrogen) atoms. The van der Waals surface area contributed by atoms with Crippen molar-refractivity contribution in [3.05, 3.63) is 40.2 Å². The Bertz CT molecular complexity index is 669. The Morgan fingerprint density at radius 2 is 2.14 bits per heavy atom. The fraction of sp³-hybridized carbons (Fsp3) is 0.400. The van der Waals surface area contributed by atoms with Crippen molar-refractivity contribution in [1.82, 2.24) is 9.78 Å². The molecule has 0 saturated heterocycles. The number of halogens is 1. The summed E-state index contributed by atoms with van der Waals surface area (Å²) in [5.74, 6) is 1.37. The maximum Gasteiger partial charge on any atom is 0.231 e. The monoisotopic (exact) mass is 308 g/mol. The summed E-state index contributed by atoms with van der Waals surface area (Å²) in [6.07, 6.45) is -0.258. The summed E-state index contributed by atoms with van der Waals surface area (Å²) in [4.78, 5) is 0. The number of benzene rings is 1. The van der Waals surface area contributed by atoms with E-state index in [-0.39, 0.29) is 6.79 Å². The zero-order valence-electron chi connectivity index (χ0n) is 12.0. The van der Waals surface area contributed by atoms with Crippen molar-refractivity contribution in [2.24, 2.45) is 0 Å². The summed E-state index contributed by atoms with van der Waals surface area (Å²) in [6.45, 7) is 4.81. The molecule has 1 aromatic carbocycles. The molecule has 112 valence electrons. The number of ether oxygens (including phenoxy) is 2. The molecule has 1 aromatic heterocycles. The highest BCUT2D eigenvalue weighted by Crippen LogP contribution is 2.35. The number of aromatic nitrogens is 2. The lowest BCUT2D eigenvalue weighted by Gasteiger charge is -2.13. The fourth-order valence-corrected chi connectivity index (χ4v) is 2.70. The second-order valence-corrected chi connectivity index (χ2v) is 5.37. The van der Waals surface area contributed by atoms with Crippen LogP contribution in [0.4, 0.5) is 0 Å². The van der Waals surface area contributed by atoms with Crippen LogP contribution in [0, 0.1) is 6.92 Å². The lowest BCUT2D eigenvalue weighted by Crippen LogP contribution is -2.09. The summed E-state index contributed by atoms with van der Waals surface area (Å²) in [5, 5.41) is 15.4. The SMILES string of the molecule is CCn1nc(C)c(Cl)c1CC(O)c1ccc2c(c1)OCO2. The van der Waals surface area contributed by atoms with E-state index in [2.05, 4.69) is 5.10 Å². The van der Waals surface area contributed by atoms with E-state index < -0.39 is 6.10 Å². The number of fused-ring (bicyclic) bond motifs is 1. The molecule has 0 saturated carbocycles. The molecule has 5 nitrogen and oxygen atoms in total. The average molecular weight is 309 g/mol. The summed E-state index contributed by atoms with van der Waals surface area (Å²) in [5.41, 5.74) is 2.41. The van der Waals surface area contributed by atoms with E-state index in [0.29, 0.717) is 22.9 Å². The van der Waals surface area contributed by atoms with Crippen molar-refractivity contribution < 1.29 is 14.6 Å². The summed E-state index contributed by atoms with van der Waals surface area (Å²) < 4.78 is 12.4. The van der Waals surface area contributed by atoms with Crippen LogP contribution in [0.1, 0.15) is 30.0 Å². The van der Waals surface area contributed by atoms with Crippen LogP contribution in [0.15, 0.2) is 18.2 Å². The van der Waals surface area contributed by atoms with Gasteiger partial charge in [0.05, 0.1) is 22.5 Å². The van der Waals surface area contributed by atoms with E-state index in [1.165, 1.54) is 0 Å². The van der Waals surface area contributed by atoms with Gasteiger partial charge in [-0.15, -0.1) is 0 Å². The van der Waals surface area contributed by atoms with E-state index >= 15 is 0 Å². The van der Waals surface area contributed by atoms with Crippen LogP contribution < -0.4 is 9.47 Å². The quantitative estimate of drug-likeness (QED) is 0.943. The highest BCUT2D eigenvalue weighted by Gasteiger charge is 2.20. The molecule has 2 aromatic rings. The zero-order valence-corrected chi connectivity index (χ0v) is 12.7. The minimum absolute atomic E-state index is 0.225. The van der Waals surface area contributed by atoms with E-state index in [0.717, 1.165) is 23.5 Å². The second kappa shape index (κ2) is 5.58. The molecule has 0 bridgehead atoms. The molecule has 0 radical (unpaired) electrons. The van der Waals surface area contributed by atoms with E-state index in [1.54, 1.807) is 6.07 Å². The summed E-state index contributed by atoms with van der Waals surface area (Å²) >= 11 is 6.28. The number of hydrogen-bond acceptors (Lipinski definition) is 4. The van der Waals surface area contributed by atoms with Gasteiger partial charge in [0.25, 0.3) is 0 Å². The van der Waals surface area contributed by atoms with Gasteiger partial charge in [-0.1, -0.05) is 17.7 Å². The first-order valence-electron chi connectivity index (χ1n) is 6.89. The fourth-order valence-electron chi connectivity index (χ4n) is 2.49. The molecule has 0 amide bonds. The lowest BCUT2D eigenvalue weighted by atomic mass is 10.0. The Kier molecular flexibility index (Phi) is 3.78. The van der Waals surface area contributed by atoms with Crippen LogP contribution >= 0.6 is 11.6 Å². The second-order valence-electron chi connectivity index (χ2n) is 4.99. The molecular formula is C15H17ClN2O3. The lowest BCUT2D eigenvalue weighted by molar-refractivity contribution is 0.170. The Morgan fingerprint density at radius 3 is 2.90 bits per heavy atom. The van der Waals surface area contributed by atoms with Crippen molar-refractivity contribution in [1.29, 1.82) is 0 Å². The first kappa shape index (κ1) is 14.2. The topological polar surface area (TPSA) is 56.5 Å². The maximum atomic E-state index is 10.5. The number of aliphatic hydroxyl groups is 1. The first-order chi connectivity index (χ1) is 10.1. The number of rotatable bonds is 4. The molecule has 0 fully saturated rings. The maximum absolute atomic E-state index is 10.5. The number of hydrogen-bond donors (Lipinski definition) is 1. The van der Waals surface area contributed by atoms with Crippen molar-refractivity contribution >= 4 is 11.6 Å². The van der Waals surface area contributed by atoms with Gasteiger partial charge < -0.3 is 14.6 Å². The minimum atomic E-state index is -0.668. The molecule has 1 unspecified atom stereocenters. The third kappa shape index (κ3) is 2.59. The van der Waals surface area contributed by atoms with Gasteiger partial charge in [-0.25, -0.2) is 0 Å². The Labute approximate surface area is 128 Å². The molecular weight excluding hydrogens is 292 g/mol. The van der Waals surface area contributed by atoms with Gasteiger partial charge in [0.2, 0.25) is 6.79 Å². The molecule has 1 N–H and O–H groups in total. The normalized spacial score (nSPS) is 14.5. The molecule has 1 atom stereocenters. The van der Waals surface area contributed by atoms with Crippen LogP contribution in [-0.4, -0.2) is 21.7 Å². The highest BCUT2D eigenvalue weighted by molar-refractivity contribution is 6.31. The van der Waals surface area contributed by atoms with Crippen molar-refractivity contribution in [2.45, 2.75) is 32.9 Å². The predicted octanol–water partition coefficient (Wildman–Crippen LogP) is 2.87. The number of nitrogens with zero attached hydrogens (tertiary/aromatic N) is 2. The van der Waals surface area contributed by atoms with E-state index in [9.17, 15) is 5.11 Å². The van der Waals surface area contributed by atoms with Crippen molar-refractivity contribution in [3.8, 4) is 11.5 Å². The van der Waals surface area contributed by atoms with E-state index in [1.807, 2.05) is 30.7 Å².